The molecule has 6 nitrogen and oxygen atoms in total. The van der Waals surface area contributed by atoms with Crippen molar-refractivity contribution in [3.63, 3.8) is 0 Å². The largest absolute Gasteiger partial charge is 0.368 e. The zero-order valence-corrected chi connectivity index (χ0v) is 20.7. The smallest absolute Gasteiger partial charge is 0.240 e. The van der Waals surface area contributed by atoms with Crippen molar-refractivity contribution in [1.82, 2.24) is 20.0 Å². The molecule has 1 aliphatic carbocycles. The number of allylic oxidation sites excluding steroid dienone is 4. The average Bonchev–Trinajstić information content (AvgIpc) is 3.48. The van der Waals surface area contributed by atoms with E-state index in [9.17, 15) is 4.79 Å². The summed E-state index contributed by atoms with van der Waals surface area (Å²) < 4.78 is 2.05. The van der Waals surface area contributed by atoms with Crippen LogP contribution in [0.2, 0.25) is 0 Å². The molecule has 5 rings (SSSR count). The van der Waals surface area contributed by atoms with Gasteiger partial charge in [0.15, 0.2) is 0 Å². The summed E-state index contributed by atoms with van der Waals surface area (Å²) in [6, 6.07) is 6.69. The highest BCUT2D eigenvalue weighted by atomic mass is 35.5. The van der Waals surface area contributed by atoms with Crippen LogP contribution >= 0.6 is 23.2 Å². The predicted molar refractivity (Wildman–Crippen MR) is 135 cm³/mol. The maximum atomic E-state index is 12.9. The van der Waals surface area contributed by atoms with Gasteiger partial charge in [0, 0.05) is 48.2 Å². The normalized spacial score (nSPS) is 27.0. The van der Waals surface area contributed by atoms with Crippen molar-refractivity contribution in [1.29, 1.82) is 0 Å². The fourth-order valence-corrected chi connectivity index (χ4v) is 5.99. The zero-order valence-electron chi connectivity index (χ0n) is 19.2. The van der Waals surface area contributed by atoms with E-state index in [-0.39, 0.29) is 29.4 Å². The van der Waals surface area contributed by atoms with Crippen LogP contribution in [0.4, 0.5) is 5.69 Å². The number of piperazine rings is 1. The summed E-state index contributed by atoms with van der Waals surface area (Å²) in [7, 11) is 0. The Kier molecular flexibility index (Phi) is 6.43. The molecule has 2 saturated heterocycles. The molecule has 176 valence electrons. The minimum absolute atomic E-state index is 0.00441. The van der Waals surface area contributed by atoms with Gasteiger partial charge in [0.05, 0.1) is 29.2 Å². The van der Waals surface area contributed by atoms with E-state index in [4.69, 9.17) is 23.2 Å². The summed E-state index contributed by atoms with van der Waals surface area (Å²) >= 11 is 12.8. The van der Waals surface area contributed by atoms with Gasteiger partial charge in [0.2, 0.25) is 5.91 Å². The summed E-state index contributed by atoms with van der Waals surface area (Å²) in [6.45, 7) is 7.62. The van der Waals surface area contributed by atoms with E-state index in [0.717, 1.165) is 66.2 Å². The van der Waals surface area contributed by atoms with E-state index >= 15 is 0 Å². The third-order valence-electron chi connectivity index (χ3n) is 7.21. The first-order valence-electron chi connectivity index (χ1n) is 11.9. The Morgan fingerprint density at radius 1 is 1.30 bits per heavy atom. The van der Waals surface area contributed by atoms with Crippen LogP contribution in [0, 0.1) is 0 Å². The molecule has 2 aromatic rings. The van der Waals surface area contributed by atoms with E-state index < -0.39 is 0 Å². The number of nitrogens with one attached hydrogen (secondary N) is 1. The SMILES string of the molecule is CC(C1=C(Cl)CC(Cl)C=C1)n1ncc2ccc(N3CCN(C(=O)[C@H]4CCCN4)[C@H](C)C3)cc21. The molecule has 3 heterocycles. The molecule has 1 N–H and O–H groups in total. The second-order valence-corrected chi connectivity index (χ2v) is 10.4. The van der Waals surface area contributed by atoms with Crippen LogP contribution in [-0.2, 0) is 4.79 Å². The lowest BCUT2D eigenvalue weighted by molar-refractivity contribution is -0.135. The number of fused-ring (bicyclic) bond motifs is 1. The van der Waals surface area contributed by atoms with E-state index in [0.29, 0.717) is 6.42 Å². The average molecular weight is 488 g/mol. The summed E-state index contributed by atoms with van der Waals surface area (Å²) in [4.78, 5) is 17.3. The molecule has 1 amide bonds. The molecule has 0 saturated carbocycles. The highest BCUT2D eigenvalue weighted by molar-refractivity contribution is 6.31. The van der Waals surface area contributed by atoms with Crippen LogP contribution < -0.4 is 10.2 Å². The van der Waals surface area contributed by atoms with Crippen molar-refractivity contribution in [2.75, 3.05) is 31.1 Å². The number of alkyl halides is 1. The van der Waals surface area contributed by atoms with Crippen molar-refractivity contribution >= 4 is 45.7 Å². The number of benzene rings is 1. The molecule has 1 aromatic heterocycles. The van der Waals surface area contributed by atoms with E-state index in [1.54, 1.807) is 0 Å². The van der Waals surface area contributed by atoms with Gasteiger partial charge in [-0.3, -0.25) is 9.48 Å². The molecule has 0 bridgehead atoms. The second kappa shape index (κ2) is 9.32. The molecular weight excluding hydrogens is 457 g/mol. The molecule has 2 fully saturated rings. The highest BCUT2D eigenvalue weighted by Crippen LogP contribution is 2.34. The molecule has 33 heavy (non-hydrogen) atoms. The number of anilines is 1. The molecule has 8 heteroatoms. The first-order chi connectivity index (χ1) is 15.9. The molecule has 0 spiro atoms. The maximum absolute atomic E-state index is 12.9. The van der Waals surface area contributed by atoms with E-state index in [1.165, 1.54) is 0 Å². The molecule has 1 aromatic carbocycles. The number of hydrogen-bond donors (Lipinski definition) is 1. The molecule has 4 atom stereocenters. The van der Waals surface area contributed by atoms with Gasteiger partial charge in [-0.25, -0.2) is 0 Å². The van der Waals surface area contributed by atoms with Crippen molar-refractivity contribution in [2.24, 2.45) is 0 Å². The molecular formula is C25H31Cl2N5O. The Hall–Kier alpha value is -2.02. The van der Waals surface area contributed by atoms with Gasteiger partial charge in [0.1, 0.15) is 0 Å². The predicted octanol–water partition coefficient (Wildman–Crippen LogP) is 4.45. The quantitative estimate of drug-likeness (QED) is 0.647. The number of hydrogen-bond acceptors (Lipinski definition) is 4. The number of rotatable bonds is 4. The summed E-state index contributed by atoms with van der Waals surface area (Å²) in [5.41, 5.74) is 3.30. The van der Waals surface area contributed by atoms with Gasteiger partial charge in [0.25, 0.3) is 0 Å². The molecule has 2 aliphatic heterocycles. The van der Waals surface area contributed by atoms with Gasteiger partial charge >= 0.3 is 0 Å². The number of amides is 1. The van der Waals surface area contributed by atoms with Gasteiger partial charge in [-0.15, -0.1) is 11.6 Å². The lowest BCUT2D eigenvalue weighted by Gasteiger charge is -2.42. The number of carbonyl (C=O) groups excluding carboxylic acids is 1. The van der Waals surface area contributed by atoms with Crippen LogP contribution in [0.1, 0.15) is 39.2 Å². The first kappa shape index (κ1) is 22.8. The van der Waals surface area contributed by atoms with Gasteiger partial charge in [-0.1, -0.05) is 23.8 Å². The van der Waals surface area contributed by atoms with Crippen LogP contribution in [0.15, 0.2) is 47.2 Å². The number of nitrogens with zero attached hydrogens (tertiary/aromatic N) is 4. The van der Waals surface area contributed by atoms with Gasteiger partial charge in [-0.05, 0) is 57.0 Å². The van der Waals surface area contributed by atoms with Gasteiger partial charge in [-0.2, -0.15) is 5.10 Å². The lowest BCUT2D eigenvalue weighted by atomic mass is 10.0. The number of halogens is 2. The Balaban J connectivity index is 1.35. The van der Waals surface area contributed by atoms with E-state index in [2.05, 4.69) is 52.3 Å². The van der Waals surface area contributed by atoms with Crippen LogP contribution in [0.3, 0.4) is 0 Å². The zero-order chi connectivity index (χ0) is 23.1. The van der Waals surface area contributed by atoms with Crippen molar-refractivity contribution in [3.8, 4) is 0 Å². The molecule has 3 aliphatic rings. The maximum Gasteiger partial charge on any atom is 0.240 e. The minimum Gasteiger partial charge on any atom is -0.368 e. The van der Waals surface area contributed by atoms with Crippen LogP contribution in [-0.4, -0.2) is 64.2 Å². The monoisotopic (exact) mass is 487 g/mol. The van der Waals surface area contributed by atoms with Gasteiger partial charge < -0.3 is 15.1 Å². The summed E-state index contributed by atoms with van der Waals surface area (Å²) in [6.07, 6.45) is 8.63. The summed E-state index contributed by atoms with van der Waals surface area (Å²) in [5.74, 6) is 0.256. The Bertz CT molecular complexity index is 1100. The third kappa shape index (κ3) is 4.41. The molecule has 0 radical (unpaired) electrons. The Labute approximate surface area is 205 Å². The Morgan fingerprint density at radius 3 is 2.88 bits per heavy atom. The van der Waals surface area contributed by atoms with Crippen molar-refractivity contribution < 1.29 is 4.79 Å². The van der Waals surface area contributed by atoms with E-state index in [1.807, 2.05) is 23.0 Å². The molecule has 2 unspecified atom stereocenters. The van der Waals surface area contributed by atoms with Crippen LogP contribution in [0.5, 0.6) is 0 Å². The van der Waals surface area contributed by atoms with Crippen molar-refractivity contribution in [2.45, 2.75) is 56.6 Å². The summed E-state index contributed by atoms with van der Waals surface area (Å²) in [5, 5.41) is 9.88. The first-order valence-corrected chi connectivity index (χ1v) is 12.7. The fraction of sp³-hybridized carbons (Fsp3) is 0.520. The Morgan fingerprint density at radius 2 is 2.15 bits per heavy atom. The topological polar surface area (TPSA) is 53.4 Å². The minimum atomic E-state index is -0.0496. The van der Waals surface area contributed by atoms with Crippen molar-refractivity contribution in [3.05, 3.63) is 47.2 Å². The lowest BCUT2D eigenvalue weighted by Crippen LogP contribution is -2.57. The number of aromatic nitrogens is 2. The standard InChI is InChI=1S/C25H31Cl2N5O/c1-16-15-30(10-11-31(16)25(33)23-4-3-9-28-23)20-7-5-18-14-29-32(24(18)13-20)17(2)21-8-6-19(26)12-22(21)27/h5-8,13-14,16-17,19,23,28H,3-4,9-12,15H2,1-2H3/t16-,17?,19?,23-/m1/s1. The fourth-order valence-electron chi connectivity index (χ4n) is 5.30. The second-order valence-electron chi connectivity index (χ2n) is 9.42. The van der Waals surface area contributed by atoms with Crippen LogP contribution in [0.25, 0.3) is 10.9 Å². The third-order valence-corrected chi connectivity index (χ3v) is 7.88. The number of carbonyl (C=O) groups is 1. The highest BCUT2D eigenvalue weighted by Gasteiger charge is 2.33.